The zero-order valence-corrected chi connectivity index (χ0v) is 9.32. The zero-order valence-electron chi connectivity index (χ0n) is 9.32. The summed E-state index contributed by atoms with van der Waals surface area (Å²) in [5, 5.41) is 2.77. The van der Waals surface area contributed by atoms with Crippen LogP contribution in [0.5, 0.6) is 5.75 Å². The second kappa shape index (κ2) is 7.70. The monoisotopic (exact) mass is 222 g/mol. The van der Waals surface area contributed by atoms with E-state index in [1.54, 1.807) is 0 Å². The molecule has 0 aliphatic carbocycles. The molecule has 0 spiro atoms. The summed E-state index contributed by atoms with van der Waals surface area (Å²) in [5.41, 5.74) is 5.30. The van der Waals surface area contributed by atoms with Crippen LogP contribution in [0, 0.1) is 0 Å². The van der Waals surface area contributed by atoms with Crippen molar-refractivity contribution < 1.29 is 9.53 Å². The van der Waals surface area contributed by atoms with Crippen LogP contribution in [0.15, 0.2) is 30.3 Å². The van der Waals surface area contributed by atoms with Crippen LogP contribution < -0.4 is 15.8 Å². The second-order valence-corrected chi connectivity index (χ2v) is 3.40. The highest BCUT2D eigenvalue weighted by Gasteiger charge is 1.99. The van der Waals surface area contributed by atoms with E-state index in [-0.39, 0.29) is 5.91 Å². The highest BCUT2D eigenvalue weighted by atomic mass is 16.5. The van der Waals surface area contributed by atoms with E-state index >= 15 is 0 Å². The Balaban J connectivity index is 2.06. The zero-order chi connectivity index (χ0) is 11.6. The fourth-order valence-corrected chi connectivity index (χ4v) is 1.23. The number of carbonyl (C=O) groups excluding carboxylic acids is 1. The van der Waals surface area contributed by atoms with Crippen molar-refractivity contribution in [1.29, 1.82) is 0 Å². The lowest BCUT2D eigenvalue weighted by atomic mass is 10.3. The summed E-state index contributed by atoms with van der Waals surface area (Å²) in [7, 11) is 0. The van der Waals surface area contributed by atoms with E-state index in [9.17, 15) is 4.79 Å². The van der Waals surface area contributed by atoms with Crippen molar-refractivity contribution in [3.05, 3.63) is 30.3 Å². The van der Waals surface area contributed by atoms with Crippen molar-refractivity contribution in [1.82, 2.24) is 5.32 Å². The van der Waals surface area contributed by atoms with Gasteiger partial charge in [0.15, 0.2) is 0 Å². The van der Waals surface area contributed by atoms with Gasteiger partial charge in [0.2, 0.25) is 5.91 Å². The van der Waals surface area contributed by atoms with Gasteiger partial charge >= 0.3 is 0 Å². The molecule has 1 amide bonds. The van der Waals surface area contributed by atoms with Crippen LogP contribution >= 0.6 is 0 Å². The third kappa shape index (κ3) is 5.36. The molecule has 0 saturated heterocycles. The number of hydrogen-bond donors (Lipinski definition) is 2. The van der Waals surface area contributed by atoms with E-state index in [0.29, 0.717) is 26.1 Å². The summed E-state index contributed by atoms with van der Waals surface area (Å²) in [4.78, 5) is 11.2. The highest BCUT2D eigenvalue weighted by Crippen LogP contribution is 2.07. The quantitative estimate of drug-likeness (QED) is 0.674. The van der Waals surface area contributed by atoms with Crippen molar-refractivity contribution >= 4 is 5.91 Å². The van der Waals surface area contributed by atoms with Crippen LogP contribution in [0.3, 0.4) is 0 Å². The normalized spacial score (nSPS) is 9.81. The lowest BCUT2D eigenvalue weighted by Gasteiger charge is -2.07. The lowest BCUT2D eigenvalue weighted by molar-refractivity contribution is -0.121. The van der Waals surface area contributed by atoms with E-state index in [0.717, 1.165) is 12.2 Å². The first-order valence-electron chi connectivity index (χ1n) is 5.47. The number of benzene rings is 1. The summed E-state index contributed by atoms with van der Waals surface area (Å²) in [6, 6.07) is 9.53. The van der Waals surface area contributed by atoms with Gasteiger partial charge in [0, 0.05) is 6.42 Å². The molecule has 0 bridgehead atoms. The molecule has 0 fully saturated rings. The first-order chi connectivity index (χ1) is 7.83. The minimum absolute atomic E-state index is 0.0297. The van der Waals surface area contributed by atoms with Crippen LogP contribution in [0.4, 0.5) is 0 Å². The van der Waals surface area contributed by atoms with Crippen LogP contribution in [0.1, 0.15) is 12.8 Å². The van der Waals surface area contributed by atoms with Crippen molar-refractivity contribution in [2.24, 2.45) is 5.73 Å². The molecule has 0 aliphatic heterocycles. The van der Waals surface area contributed by atoms with Gasteiger partial charge in [-0.15, -0.1) is 0 Å². The Morgan fingerprint density at radius 2 is 2.06 bits per heavy atom. The standard InChI is InChI=1S/C12H18N2O2/c13-8-4-7-12(15)14-9-10-16-11-5-2-1-3-6-11/h1-3,5-6H,4,7-10,13H2,(H,14,15). The van der Waals surface area contributed by atoms with Gasteiger partial charge in [-0.05, 0) is 25.1 Å². The predicted octanol–water partition coefficient (Wildman–Crippen LogP) is 0.920. The van der Waals surface area contributed by atoms with E-state index < -0.39 is 0 Å². The summed E-state index contributed by atoms with van der Waals surface area (Å²) in [6.45, 7) is 1.56. The third-order valence-corrected chi connectivity index (χ3v) is 2.04. The van der Waals surface area contributed by atoms with E-state index in [1.807, 2.05) is 30.3 Å². The number of carbonyl (C=O) groups is 1. The first-order valence-corrected chi connectivity index (χ1v) is 5.47. The Morgan fingerprint density at radius 1 is 1.31 bits per heavy atom. The molecule has 4 heteroatoms. The van der Waals surface area contributed by atoms with Crippen LogP contribution in [-0.4, -0.2) is 25.6 Å². The number of nitrogens with two attached hydrogens (primary N) is 1. The first kappa shape index (κ1) is 12.5. The Labute approximate surface area is 95.8 Å². The average molecular weight is 222 g/mol. The number of rotatable bonds is 7. The minimum Gasteiger partial charge on any atom is -0.492 e. The Bertz CT molecular complexity index is 301. The number of nitrogens with one attached hydrogen (secondary N) is 1. The maximum atomic E-state index is 11.2. The number of ether oxygens (including phenoxy) is 1. The molecular formula is C12H18N2O2. The number of amides is 1. The number of hydrogen-bond acceptors (Lipinski definition) is 3. The van der Waals surface area contributed by atoms with Gasteiger partial charge in [0.05, 0.1) is 6.54 Å². The molecule has 3 N–H and O–H groups in total. The molecule has 0 radical (unpaired) electrons. The van der Waals surface area contributed by atoms with Gasteiger partial charge in [0.25, 0.3) is 0 Å². The van der Waals surface area contributed by atoms with Crippen molar-refractivity contribution in [2.75, 3.05) is 19.7 Å². The molecule has 16 heavy (non-hydrogen) atoms. The smallest absolute Gasteiger partial charge is 0.220 e. The van der Waals surface area contributed by atoms with Gasteiger partial charge in [-0.2, -0.15) is 0 Å². The molecule has 1 aromatic carbocycles. The fourth-order valence-electron chi connectivity index (χ4n) is 1.23. The summed E-state index contributed by atoms with van der Waals surface area (Å²) in [6.07, 6.45) is 1.22. The maximum absolute atomic E-state index is 11.2. The largest absolute Gasteiger partial charge is 0.492 e. The maximum Gasteiger partial charge on any atom is 0.220 e. The van der Waals surface area contributed by atoms with Crippen molar-refractivity contribution in [3.63, 3.8) is 0 Å². The van der Waals surface area contributed by atoms with Gasteiger partial charge in [0.1, 0.15) is 12.4 Å². The molecule has 0 atom stereocenters. The molecule has 4 nitrogen and oxygen atoms in total. The fraction of sp³-hybridized carbons (Fsp3) is 0.417. The van der Waals surface area contributed by atoms with Gasteiger partial charge in [-0.25, -0.2) is 0 Å². The second-order valence-electron chi connectivity index (χ2n) is 3.40. The molecule has 0 aliphatic rings. The molecule has 1 aromatic rings. The minimum atomic E-state index is 0.0297. The van der Waals surface area contributed by atoms with Gasteiger partial charge < -0.3 is 15.8 Å². The van der Waals surface area contributed by atoms with Gasteiger partial charge in [-0.1, -0.05) is 18.2 Å². The predicted molar refractivity (Wildman–Crippen MR) is 63.2 cm³/mol. The molecule has 0 aromatic heterocycles. The summed E-state index contributed by atoms with van der Waals surface area (Å²) < 4.78 is 5.42. The molecular weight excluding hydrogens is 204 g/mol. The summed E-state index contributed by atoms with van der Waals surface area (Å²) >= 11 is 0. The van der Waals surface area contributed by atoms with Crippen LogP contribution in [0.25, 0.3) is 0 Å². The Kier molecular flexibility index (Phi) is 6.03. The molecule has 0 unspecified atom stereocenters. The average Bonchev–Trinajstić information content (AvgIpc) is 2.33. The van der Waals surface area contributed by atoms with Crippen molar-refractivity contribution in [3.8, 4) is 5.75 Å². The third-order valence-electron chi connectivity index (χ3n) is 2.04. The summed E-state index contributed by atoms with van der Waals surface area (Å²) in [5.74, 6) is 0.848. The molecule has 1 rings (SSSR count). The topological polar surface area (TPSA) is 64.4 Å². The van der Waals surface area contributed by atoms with Gasteiger partial charge in [-0.3, -0.25) is 4.79 Å². The highest BCUT2D eigenvalue weighted by molar-refractivity contribution is 5.75. The molecule has 0 heterocycles. The van der Waals surface area contributed by atoms with E-state index in [2.05, 4.69) is 5.32 Å². The Morgan fingerprint density at radius 3 is 2.75 bits per heavy atom. The Hall–Kier alpha value is -1.55. The number of para-hydroxylation sites is 1. The van der Waals surface area contributed by atoms with Crippen molar-refractivity contribution in [2.45, 2.75) is 12.8 Å². The van der Waals surface area contributed by atoms with Crippen LogP contribution in [-0.2, 0) is 4.79 Å². The van der Waals surface area contributed by atoms with E-state index in [1.165, 1.54) is 0 Å². The van der Waals surface area contributed by atoms with Crippen LogP contribution in [0.2, 0.25) is 0 Å². The molecule has 88 valence electrons. The van der Waals surface area contributed by atoms with E-state index in [4.69, 9.17) is 10.5 Å². The SMILES string of the molecule is NCCCC(=O)NCCOc1ccccc1. The molecule has 0 saturated carbocycles. The lowest BCUT2D eigenvalue weighted by Crippen LogP contribution is -2.28.